The van der Waals surface area contributed by atoms with Crippen molar-refractivity contribution in [3.63, 3.8) is 0 Å². The second-order valence-corrected chi connectivity index (χ2v) is 8.25. The number of amides is 1. The molecular formula is C19H25F2N5O3. The van der Waals surface area contributed by atoms with Gasteiger partial charge in [0.25, 0.3) is 5.56 Å². The Balaban J connectivity index is 1.58. The van der Waals surface area contributed by atoms with E-state index in [4.69, 9.17) is 0 Å². The standard InChI is InChI=1S/C19H25F2N5O3/c1-10(27)8-22-17(28)13-3-2-12(13)15-24-16-14(18(29)25-15)9-23-26(16)11-4-6-19(20,21)7-5-11/h9-13,27H,2-8H2,1H3,(H,22,28)(H,24,25,29)/t10?,12-,13-/m1/s1. The van der Waals surface area contributed by atoms with E-state index in [1.807, 2.05) is 0 Å². The summed E-state index contributed by atoms with van der Waals surface area (Å²) in [6.07, 6.45) is 2.32. The Morgan fingerprint density at radius 2 is 2.10 bits per heavy atom. The Bertz CT molecular complexity index is 960. The van der Waals surface area contributed by atoms with Gasteiger partial charge in [0.2, 0.25) is 11.8 Å². The molecule has 2 heterocycles. The van der Waals surface area contributed by atoms with Crippen molar-refractivity contribution in [3.8, 4) is 0 Å². The van der Waals surface area contributed by atoms with Crippen LogP contribution in [0.1, 0.15) is 63.2 Å². The third-order valence-corrected chi connectivity index (χ3v) is 6.05. The van der Waals surface area contributed by atoms with Gasteiger partial charge in [-0.1, -0.05) is 0 Å². The van der Waals surface area contributed by atoms with Crippen molar-refractivity contribution < 1.29 is 18.7 Å². The quantitative estimate of drug-likeness (QED) is 0.698. The van der Waals surface area contributed by atoms with Gasteiger partial charge in [0.1, 0.15) is 11.2 Å². The van der Waals surface area contributed by atoms with Crippen molar-refractivity contribution >= 4 is 16.9 Å². The number of nitrogens with zero attached hydrogens (tertiary/aromatic N) is 3. The van der Waals surface area contributed by atoms with E-state index in [0.29, 0.717) is 29.7 Å². The zero-order valence-corrected chi connectivity index (χ0v) is 16.2. The predicted octanol–water partition coefficient (Wildman–Crippen LogP) is 1.86. The Morgan fingerprint density at radius 3 is 2.72 bits per heavy atom. The molecule has 2 aliphatic rings. The van der Waals surface area contributed by atoms with Gasteiger partial charge in [-0.15, -0.1) is 0 Å². The minimum absolute atomic E-state index is 0.171. The lowest BCUT2D eigenvalue weighted by Crippen LogP contribution is -2.42. The van der Waals surface area contributed by atoms with Gasteiger partial charge in [0, 0.05) is 31.2 Å². The van der Waals surface area contributed by atoms with Crippen molar-refractivity contribution in [1.29, 1.82) is 0 Å². The van der Waals surface area contributed by atoms with Crippen molar-refractivity contribution in [2.75, 3.05) is 6.54 Å². The number of carbonyl (C=O) groups excluding carboxylic acids is 1. The number of aliphatic hydroxyl groups is 1. The molecule has 2 fully saturated rings. The Morgan fingerprint density at radius 1 is 1.38 bits per heavy atom. The molecule has 2 aromatic heterocycles. The number of nitrogens with one attached hydrogen (secondary N) is 2. The largest absolute Gasteiger partial charge is 0.392 e. The molecule has 0 bridgehead atoms. The van der Waals surface area contributed by atoms with E-state index in [1.165, 1.54) is 6.20 Å². The number of halogens is 2. The molecule has 4 rings (SSSR count). The highest BCUT2D eigenvalue weighted by molar-refractivity contribution is 5.81. The van der Waals surface area contributed by atoms with Gasteiger partial charge in [-0.25, -0.2) is 18.4 Å². The number of fused-ring (bicyclic) bond motifs is 1. The van der Waals surface area contributed by atoms with E-state index >= 15 is 0 Å². The number of aromatic nitrogens is 4. The van der Waals surface area contributed by atoms with Crippen LogP contribution >= 0.6 is 0 Å². The van der Waals surface area contributed by atoms with Gasteiger partial charge in [-0.2, -0.15) is 5.10 Å². The van der Waals surface area contributed by atoms with Crippen LogP contribution in [-0.4, -0.2) is 49.3 Å². The first kappa shape index (κ1) is 19.9. The second-order valence-electron chi connectivity index (χ2n) is 8.25. The first-order valence-electron chi connectivity index (χ1n) is 10.1. The van der Waals surface area contributed by atoms with Crippen LogP contribution in [0.2, 0.25) is 0 Å². The summed E-state index contributed by atoms with van der Waals surface area (Å²) in [4.78, 5) is 32.2. The summed E-state index contributed by atoms with van der Waals surface area (Å²) in [6.45, 7) is 1.76. The van der Waals surface area contributed by atoms with Crippen LogP contribution in [0.4, 0.5) is 8.78 Å². The molecule has 0 aliphatic heterocycles. The summed E-state index contributed by atoms with van der Waals surface area (Å²) in [6, 6.07) is -0.221. The van der Waals surface area contributed by atoms with E-state index in [0.717, 1.165) is 0 Å². The molecule has 2 aromatic rings. The number of aromatic amines is 1. The van der Waals surface area contributed by atoms with Gasteiger partial charge in [0.05, 0.1) is 18.3 Å². The minimum atomic E-state index is -2.64. The van der Waals surface area contributed by atoms with E-state index in [-0.39, 0.29) is 61.6 Å². The lowest BCUT2D eigenvalue weighted by molar-refractivity contribution is -0.128. The highest BCUT2D eigenvalue weighted by atomic mass is 19.3. The fourth-order valence-electron chi connectivity index (χ4n) is 4.19. The zero-order chi connectivity index (χ0) is 20.8. The Hall–Kier alpha value is -2.36. The van der Waals surface area contributed by atoms with Crippen molar-refractivity contribution in [1.82, 2.24) is 25.1 Å². The van der Waals surface area contributed by atoms with Crippen molar-refractivity contribution in [2.45, 2.75) is 69.4 Å². The third kappa shape index (κ3) is 3.90. The summed E-state index contributed by atoms with van der Waals surface area (Å²) in [5.74, 6) is -2.94. The fraction of sp³-hybridized carbons (Fsp3) is 0.684. The Labute approximate surface area is 165 Å². The maximum absolute atomic E-state index is 13.5. The molecule has 1 amide bonds. The molecule has 3 atom stereocenters. The van der Waals surface area contributed by atoms with E-state index in [1.54, 1.807) is 11.6 Å². The predicted molar refractivity (Wildman–Crippen MR) is 101 cm³/mol. The molecule has 0 radical (unpaired) electrons. The monoisotopic (exact) mass is 409 g/mol. The SMILES string of the molecule is CC(O)CNC(=O)[C@@H]1CC[C@H]1c1nc2c(cnn2C2CCC(F)(F)CC2)c(=O)[nH]1. The first-order valence-corrected chi connectivity index (χ1v) is 10.1. The average molecular weight is 409 g/mol. The maximum Gasteiger partial charge on any atom is 0.262 e. The number of carbonyl (C=O) groups is 1. The molecule has 29 heavy (non-hydrogen) atoms. The molecule has 0 aromatic carbocycles. The molecule has 2 saturated carbocycles. The topological polar surface area (TPSA) is 113 Å². The second kappa shape index (κ2) is 7.47. The van der Waals surface area contributed by atoms with Crippen molar-refractivity contribution in [2.24, 2.45) is 5.92 Å². The van der Waals surface area contributed by atoms with E-state index in [2.05, 4.69) is 20.4 Å². The van der Waals surface area contributed by atoms with Gasteiger partial charge in [-0.3, -0.25) is 9.59 Å². The molecule has 2 aliphatic carbocycles. The van der Waals surface area contributed by atoms with Gasteiger partial charge in [-0.05, 0) is 32.6 Å². The number of aliphatic hydroxyl groups excluding tert-OH is 1. The summed E-state index contributed by atoms with van der Waals surface area (Å²) in [7, 11) is 0. The number of alkyl halides is 2. The summed E-state index contributed by atoms with van der Waals surface area (Å²) in [5, 5.41) is 16.6. The normalized spacial score (nSPS) is 25.5. The van der Waals surface area contributed by atoms with Crippen LogP contribution in [0.5, 0.6) is 0 Å². The maximum atomic E-state index is 13.5. The lowest BCUT2D eigenvalue weighted by Gasteiger charge is -2.34. The van der Waals surface area contributed by atoms with Crippen LogP contribution in [0.25, 0.3) is 11.0 Å². The molecule has 1 unspecified atom stereocenters. The highest BCUT2D eigenvalue weighted by Crippen LogP contribution is 2.42. The van der Waals surface area contributed by atoms with Gasteiger partial charge < -0.3 is 15.4 Å². The lowest BCUT2D eigenvalue weighted by atomic mass is 9.72. The summed E-state index contributed by atoms with van der Waals surface area (Å²) < 4.78 is 28.6. The molecule has 10 heteroatoms. The summed E-state index contributed by atoms with van der Waals surface area (Å²) in [5.41, 5.74) is 0.0430. The van der Waals surface area contributed by atoms with Crippen LogP contribution in [-0.2, 0) is 4.79 Å². The first-order chi connectivity index (χ1) is 13.7. The highest BCUT2D eigenvalue weighted by Gasteiger charge is 2.40. The molecule has 158 valence electrons. The van der Waals surface area contributed by atoms with Crippen LogP contribution < -0.4 is 10.9 Å². The number of H-pyrrole nitrogens is 1. The van der Waals surface area contributed by atoms with Gasteiger partial charge in [0.15, 0.2) is 5.65 Å². The van der Waals surface area contributed by atoms with E-state index < -0.39 is 12.0 Å². The number of hydrogen-bond acceptors (Lipinski definition) is 5. The van der Waals surface area contributed by atoms with Crippen molar-refractivity contribution in [3.05, 3.63) is 22.4 Å². The molecule has 0 saturated heterocycles. The Kier molecular flexibility index (Phi) is 5.14. The minimum Gasteiger partial charge on any atom is -0.392 e. The molecular weight excluding hydrogens is 384 g/mol. The fourth-order valence-corrected chi connectivity index (χ4v) is 4.19. The van der Waals surface area contributed by atoms with Crippen LogP contribution in [0.15, 0.2) is 11.0 Å². The average Bonchev–Trinajstić information content (AvgIpc) is 3.03. The molecule has 8 nitrogen and oxygen atoms in total. The third-order valence-electron chi connectivity index (χ3n) is 6.05. The number of rotatable bonds is 5. The molecule has 0 spiro atoms. The van der Waals surface area contributed by atoms with E-state index in [9.17, 15) is 23.5 Å². The molecule has 3 N–H and O–H groups in total. The van der Waals surface area contributed by atoms with Gasteiger partial charge >= 0.3 is 0 Å². The van der Waals surface area contributed by atoms with Crippen LogP contribution in [0, 0.1) is 5.92 Å². The zero-order valence-electron chi connectivity index (χ0n) is 16.2. The number of hydrogen-bond donors (Lipinski definition) is 3. The summed E-state index contributed by atoms with van der Waals surface area (Å²) >= 11 is 0. The van der Waals surface area contributed by atoms with Crippen LogP contribution in [0.3, 0.4) is 0 Å². The smallest absolute Gasteiger partial charge is 0.262 e.